The maximum atomic E-state index is 12.5. The number of rotatable bonds is 6. The molecule has 0 aliphatic rings. The van der Waals surface area contributed by atoms with E-state index in [-0.39, 0.29) is 24.1 Å². The second kappa shape index (κ2) is 8.07. The minimum Gasteiger partial charge on any atom is -0.387 e. The lowest BCUT2D eigenvalue weighted by Gasteiger charge is -2.06. The number of carbonyl (C=O) groups is 2. The van der Waals surface area contributed by atoms with Crippen LogP contribution in [0.3, 0.4) is 0 Å². The Morgan fingerprint density at radius 3 is 2.41 bits per heavy atom. The maximum absolute atomic E-state index is 12.5. The molecule has 0 unspecified atom stereocenters. The summed E-state index contributed by atoms with van der Waals surface area (Å²) in [6, 6.07) is 18.9. The zero-order valence-corrected chi connectivity index (χ0v) is 15.9. The van der Waals surface area contributed by atoms with Gasteiger partial charge in [-0.15, -0.1) is 16.4 Å². The largest absolute Gasteiger partial charge is 0.437 e. The topological polar surface area (TPSA) is 94.2 Å². The Morgan fingerprint density at radius 1 is 0.966 bits per heavy atom. The molecule has 29 heavy (non-hydrogen) atoms. The number of hydrogen-bond donors (Lipinski definition) is 1. The third-order valence-electron chi connectivity index (χ3n) is 4.13. The van der Waals surface area contributed by atoms with Crippen molar-refractivity contribution >= 4 is 28.7 Å². The van der Waals surface area contributed by atoms with Gasteiger partial charge in [-0.05, 0) is 47.8 Å². The van der Waals surface area contributed by atoms with Gasteiger partial charge in [-0.1, -0.05) is 24.3 Å². The second-order valence-electron chi connectivity index (χ2n) is 6.13. The minimum absolute atomic E-state index is 0.191. The molecule has 4 rings (SSSR count). The van der Waals surface area contributed by atoms with Crippen molar-refractivity contribution in [1.29, 1.82) is 0 Å². The summed E-state index contributed by atoms with van der Waals surface area (Å²) in [5.74, 6) is -1.02. The maximum Gasteiger partial charge on any atom is 0.437 e. The van der Waals surface area contributed by atoms with Gasteiger partial charge >= 0.3 is 5.76 Å². The van der Waals surface area contributed by atoms with Gasteiger partial charge in [0.25, 0.3) is 11.8 Å². The number of Topliss-reactive ketones (excluding diaryl/α,β-unsaturated/α-hetero) is 1. The molecule has 4 aromatic rings. The number of benzene rings is 2. The number of nitrogens with zero attached hydrogens (tertiary/aromatic N) is 2. The molecule has 7 nitrogen and oxygen atoms in total. The Bertz CT molecular complexity index is 1190. The lowest BCUT2D eigenvalue weighted by molar-refractivity contribution is 0.0964. The van der Waals surface area contributed by atoms with Gasteiger partial charge in [-0.2, -0.15) is 4.68 Å². The van der Waals surface area contributed by atoms with E-state index in [0.29, 0.717) is 21.7 Å². The molecule has 0 radical (unpaired) electrons. The SMILES string of the molecule is O=C(Cn1nc(-c2cccs2)oc1=O)c1ccc(NC(=O)c2ccccc2)cc1. The van der Waals surface area contributed by atoms with E-state index in [0.717, 1.165) is 4.68 Å². The number of ketones is 1. The van der Waals surface area contributed by atoms with E-state index in [9.17, 15) is 14.4 Å². The number of nitrogens with one attached hydrogen (secondary N) is 1. The van der Waals surface area contributed by atoms with Crippen LogP contribution in [0.4, 0.5) is 5.69 Å². The fourth-order valence-corrected chi connectivity index (χ4v) is 3.31. The van der Waals surface area contributed by atoms with Gasteiger partial charge < -0.3 is 9.73 Å². The van der Waals surface area contributed by atoms with Crippen LogP contribution < -0.4 is 11.1 Å². The van der Waals surface area contributed by atoms with Crippen molar-refractivity contribution in [3.8, 4) is 10.8 Å². The number of hydrogen-bond acceptors (Lipinski definition) is 6. The molecule has 2 aromatic heterocycles. The minimum atomic E-state index is -0.687. The second-order valence-corrected chi connectivity index (χ2v) is 7.08. The van der Waals surface area contributed by atoms with Crippen LogP contribution in [0.1, 0.15) is 20.7 Å². The highest BCUT2D eigenvalue weighted by Crippen LogP contribution is 2.21. The quantitative estimate of drug-likeness (QED) is 0.494. The molecule has 1 amide bonds. The summed E-state index contributed by atoms with van der Waals surface area (Å²) in [5.41, 5.74) is 1.50. The van der Waals surface area contributed by atoms with Crippen molar-refractivity contribution in [3.63, 3.8) is 0 Å². The molecule has 0 aliphatic heterocycles. The predicted molar refractivity (Wildman–Crippen MR) is 109 cm³/mol. The molecular formula is C21H15N3O4S. The molecule has 2 aromatic carbocycles. The molecular weight excluding hydrogens is 390 g/mol. The molecule has 2 heterocycles. The van der Waals surface area contributed by atoms with E-state index >= 15 is 0 Å². The Balaban J connectivity index is 1.43. The Labute approximate surface area is 169 Å². The van der Waals surface area contributed by atoms with Gasteiger partial charge in [0.15, 0.2) is 5.78 Å². The molecule has 0 saturated heterocycles. The lowest BCUT2D eigenvalue weighted by atomic mass is 10.1. The molecule has 144 valence electrons. The van der Waals surface area contributed by atoms with Crippen LogP contribution in [0.2, 0.25) is 0 Å². The first-order chi connectivity index (χ1) is 14.1. The van der Waals surface area contributed by atoms with Gasteiger partial charge in [0.1, 0.15) is 6.54 Å². The average molecular weight is 405 g/mol. The van der Waals surface area contributed by atoms with E-state index in [1.54, 1.807) is 54.6 Å². The van der Waals surface area contributed by atoms with Gasteiger partial charge in [0.05, 0.1) is 4.88 Å². The summed E-state index contributed by atoms with van der Waals surface area (Å²) in [6.45, 7) is -0.233. The zero-order valence-electron chi connectivity index (χ0n) is 15.1. The monoisotopic (exact) mass is 405 g/mol. The highest BCUT2D eigenvalue weighted by molar-refractivity contribution is 7.13. The number of carbonyl (C=O) groups excluding carboxylic acids is 2. The highest BCUT2D eigenvalue weighted by Gasteiger charge is 2.15. The van der Waals surface area contributed by atoms with E-state index in [4.69, 9.17) is 4.42 Å². The van der Waals surface area contributed by atoms with Gasteiger partial charge in [-0.25, -0.2) is 4.79 Å². The molecule has 0 fully saturated rings. The first-order valence-corrected chi connectivity index (χ1v) is 9.59. The van der Waals surface area contributed by atoms with E-state index in [1.807, 2.05) is 17.5 Å². The molecule has 0 atom stereocenters. The van der Waals surface area contributed by atoms with Crippen LogP contribution >= 0.6 is 11.3 Å². The van der Waals surface area contributed by atoms with Crippen LogP contribution in [0, 0.1) is 0 Å². The van der Waals surface area contributed by atoms with E-state index in [2.05, 4.69) is 10.4 Å². The van der Waals surface area contributed by atoms with Gasteiger partial charge in [-0.3, -0.25) is 9.59 Å². The van der Waals surface area contributed by atoms with Crippen LogP contribution in [-0.4, -0.2) is 21.5 Å². The van der Waals surface area contributed by atoms with Crippen LogP contribution in [0.5, 0.6) is 0 Å². The Morgan fingerprint density at radius 2 is 1.72 bits per heavy atom. The van der Waals surface area contributed by atoms with Crippen molar-refractivity contribution in [2.45, 2.75) is 6.54 Å². The average Bonchev–Trinajstić information content (AvgIpc) is 3.39. The van der Waals surface area contributed by atoms with Crippen molar-refractivity contribution in [1.82, 2.24) is 9.78 Å². The summed E-state index contributed by atoms with van der Waals surface area (Å²) in [4.78, 5) is 37.3. The number of anilines is 1. The molecule has 0 aliphatic carbocycles. The summed E-state index contributed by atoms with van der Waals surface area (Å²) >= 11 is 1.39. The Kier molecular flexibility index (Phi) is 5.17. The van der Waals surface area contributed by atoms with Crippen molar-refractivity contribution in [2.24, 2.45) is 0 Å². The van der Waals surface area contributed by atoms with Gasteiger partial charge in [0, 0.05) is 16.8 Å². The standard InChI is InChI=1S/C21H15N3O4S/c25-17(13-24-21(27)28-20(23-24)18-7-4-12-29-18)14-8-10-16(11-9-14)22-19(26)15-5-2-1-3-6-15/h1-12H,13H2,(H,22,26). The zero-order chi connectivity index (χ0) is 20.2. The predicted octanol–water partition coefficient (Wildman–Crippen LogP) is 3.70. The first kappa shape index (κ1) is 18.6. The normalized spacial score (nSPS) is 10.6. The summed E-state index contributed by atoms with van der Waals surface area (Å²) in [5, 5.41) is 8.69. The smallest absolute Gasteiger partial charge is 0.387 e. The highest BCUT2D eigenvalue weighted by atomic mass is 32.1. The fraction of sp³-hybridized carbons (Fsp3) is 0.0476. The lowest BCUT2D eigenvalue weighted by Crippen LogP contribution is -2.21. The summed E-state index contributed by atoms with van der Waals surface area (Å²) in [7, 11) is 0. The van der Waals surface area contributed by atoms with E-state index in [1.165, 1.54) is 11.3 Å². The van der Waals surface area contributed by atoms with Gasteiger partial charge in [0.2, 0.25) is 0 Å². The molecule has 0 bridgehead atoms. The number of thiophene rings is 1. The van der Waals surface area contributed by atoms with Crippen LogP contribution in [0.15, 0.2) is 81.3 Å². The molecule has 8 heteroatoms. The van der Waals surface area contributed by atoms with E-state index < -0.39 is 5.76 Å². The third kappa shape index (κ3) is 4.22. The number of amides is 1. The fourth-order valence-electron chi connectivity index (χ4n) is 2.67. The molecule has 0 spiro atoms. The first-order valence-electron chi connectivity index (χ1n) is 8.71. The van der Waals surface area contributed by atoms with Crippen molar-refractivity contribution < 1.29 is 14.0 Å². The van der Waals surface area contributed by atoms with Crippen molar-refractivity contribution in [2.75, 3.05) is 5.32 Å². The summed E-state index contributed by atoms with van der Waals surface area (Å²) in [6.07, 6.45) is 0. The van der Waals surface area contributed by atoms with Crippen molar-refractivity contribution in [3.05, 3.63) is 93.8 Å². The number of aromatic nitrogens is 2. The van der Waals surface area contributed by atoms with Crippen LogP contribution in [0.25, 0.3) is 10.8 Å². The summed E-state index contributed by atoms with van der Waals surface area (Å²) < 4.78 is 6.11. The Hall–Kier alpha value is -3.78. The molecule has 1 N–H and O–H groups in total. The van der Waals surface area contributed by atoms with Crippen LogP contribution in [-0.2, 0) is 6.54 Å². The molecule has 0 saturated carbocycles. The third-order valence-corrected chi connectivity index (χ3v) is 4.99.